The number of aliphatic hydroxyl groups is 1. The summed E-state index contributed by atoms with van der Waals surface area (Å²) in [7, 11) is 0. The van der Waals surface area contributed by atoms with Crippen molar-refractivity contribution < 1.29 is 19.8 Å². The Balaban J connectivity index is 1.66. The fourth-order valence-corrected chi connectivity index (χ4v) is 6.62. The Bertz CT molecular complexity index is 1170. The van der Waals surface area contributed by atoms with Crippen molar-refractivity contribution >= 4 is 23.7 Å². The summed E-state index contributed by atoms with van der Waals surface area (Å²) in [5.74, 6) is 0.235. The number of carbonyl (C=O) groups is 2. The van der Waals surface area contributed by atoms with Gasteiger partial charge in [-0.3, -0.25) is 0 Å². The molecule has 2 fully saturated rings. The topological polar surface area (TPSA) is 119 Å². The van der Waals surface area contributed by atoms with Gasteiger partial charge in [-0.1, -0.05) is 54.9 Å². The molecule has 2 aromatic rings. The van der Waals surface area contributed by atoms with Gasteiger partial charge in [0.1, 0.15) is 0 Å². The number of nitrogens with two attached hydrogens (primary N) is 1. The number of carboxylic acid groups (broad SMARTS) is 1. The number of urea groups is 1. The van der Waals surface area contributed by atoms with Gasteiger partial charge in [0, 0.05) is 49.2 Å². The molecule has 9 heteroatoms. The van der Waals surface area contributed by atoms with Crippen LogP contribution in [0.1, 0.15) is 56.6 Å². The van der Waals surface area contributed by atoms with E-state index in [1.54, 1.807) is 0 Å². The fraction of sp³-hybridized carbons (Fsp3) is 0.548. The summed E-state index contributed by atoms with van der Waals surface area (Å²) >= 11 is 6.83. The first-order valence-electron chi connectivity index (χ1n) is 14.6. The molecule has 0 spiro atoms. The molecule has 5 N–H and O–H groups in total. The Kier molecular flexibility index (Phi) is 10.3. The number of hydrogen-bond donors (Lipinski definition) is 4. The molecule has 2 heterocycles. The molecule has 0 radical (unpaired) electrons. The SMILES string of the molecule is CCc1cccc(-c2c(Cl)cccc2[C@](O)(CCCNC(=O)O)[C@@H]2CCCN(C(=O)N3CCC(CN)CC3)C2)c1. The normalized spacial score (nSPS) is 19.8. The zero-order valence-corrected chi connectivity index (χ0v) is 24.2. The van der Waals surface area contributed by atoms with Crippen LogP contribution in [0.2, 0.25) is 5.02 Å². The number of amides is 3. The predicted molar refractivity (Wildman–Crippen MR) is 158 cm³/mol. The van der Waals surface area contributed by atoms with Crippen molar-refractivity contribution in [3.63, 3.8) is 0 Å². The third-order valence-corrected chi connectivity index (χ3v) is 9.02. The van der Waals surface area contributed by atoms with Gasteiger partial charge in [0.2, 0.25) is 0 Å². The fourth-order valence-electron chi connectivity index (χ4n) is 6.34. The number of carbonyl (C=O) groups excluding carboxylic acids is 1. The number of rotatable bonds is 9. The van der Waals surface area contributed by atoms with Gasteiger partial charge in [-0.25, -0.2) is 9.59 Å². The molecule has 0 unspecified atom stereocenters. The molecule has 2 atom stereocenters. The first kappa shape index (κ1) is 30.2. The number of nitrogens with one attached hydrogen (secondary N) is 1. The maximum atomic E-state index is 13.5. The number of aryl methyl sites for hydroxylation is 1. The Morgan fingerprint density at radius 1 is 1.10 bits per heavy atom. The molecule has 2 aromatic carbocycles. The second-order valence-corrected chi connectivity index (χ2v) is 11.6. The summed E-state index contributed by atoms with van der Waals surface area (Å²) in [5, 5.41) is 24.7. The third-order valence-electron chi connectivity index (χ3n) is 8.70. The molecule has 3 amide bonds. The van der Waals surface area contributed by atoms with E-state index in [9.17, 15) is 14.7 Å². The molecule has 2 aliphatic heterocycles. The van der Waals surface area contributed by atoms with Gasteiger partial charge in [0.15, 0.2) is 0 Å². The second-order valence-electron chi connectivity index (χ2n) is 11.2. The Morgan fingerprint density at radius 3 is 2.55 bits per heavy atom. The minimum Gasteiger partial charge on any atom is -0.465 e. The third kappa shape index (κ3) is 6.90. The monoisotopic (exact) mass is 570 g/mol. The van der Waals surface area contributed by atoms with E-state index in [4.69, 9.17) is 22.4 Å². The number of benzene rings is 2. The molecule has 0 aliphatic carbocycles. The summed E-state index contributed by atoms with van der Waals surface area (Å²) in [5.41, 5.74) is 8.17. The smallest absolute Gasteiger partial charge is 0.404 e. The zero-order valence-electron chi connectivity index (χ0n) is 23.4. The minimum atomic E-state index is -1.31. The molecule has 218 valence electrons. The van der Waals surface area contributed by atoms with Gasteiger partial charge in [-0.05, 0) is 80.2 Å². The highest BCUT2D eigenvalue weighted by molar-refractivity contribution is 6.33. The highest BCUT2D eigenvalue weighted by Gasteiger charge is 2.43. The molecule has 40 heavy (non-hydrogen) atoms. The molecular weight excluding hydrogens is 528 g/mol. The quantitative estimate of drug-likeness (QED) is 0.305. The van der Waals surface area contributed by atoms with E-state index in [1.807, 2.05) is 40.1 Å². The van der Waals surface area contributed by atoms with Crippen molar-refractivity contribution in [2.24, 2.45) is 17.6 Å². The molecule has 0 bridgehead atoms. The number of likely N-dealkylation sites (tertiary alicyclic amines) is 2. The van der Waals surface area contributed by atoms with Crippen LogP contribution in [0.4, 0.5) is 9.59 Å². The Hall–Kier alpha value is -2.81. The van der Waals surface area contributed by atoms with Crippen LogP contribution in [-0.2, 0) is 12.0 Å². The van der Waals surface area contributed by atoms with Gasteiger partial charge < -0.3 is 31.1 Å². The highest BCUT2D eigenvalue weighted by atomic mass is 35.5. The standard InChI is InChI=1S/C31H43ClN4O4/c1-2-22-7-3-8-24(19-22)28-26(10-4-11-27(28)32)31(40,14-6-15-34-29(37)38)25-9-5-16-36(21-25)30(39)35-17-12-23(20-33)13-18-35/h3-4,7-8,10-11,19,23,25,34,40H,2,5-6,9,12-18,20-21,33H2,1H3,(H,37,38)/t25-,31+/m1/s1. The Morgan fingerprint density at radius 2 is 1.85 bits per heavy atom. The summed E-state index contributed by atoms with van der Waals surface area (Å²) in [6.45, 7) is 5.48. The summed E-state index contributed by atoms with van der Waals surface area (Å²) in [6.07, 6.45) is 3.95. The number of halogens is 1. The van der Waals surface area contributed by atoms with Crippen LogP contribution < -0.4 is 11.1 Å². The summed E-state index contributed by atoms with van der Waals surface area (Å²) in [6, 6.07) is 13.9. The van der Waals surface area contributed by atoms with E-state index in [-0.39, 0.29) is 18.5 Å². The van der Waals surface area contributed by atoms with Crippen molar-refractivity contribution in [2.45, 2.75) is 57.5 Å². The first-order valence-corrected chi connectivity index (χ1v) is 15.0. The molecule has 8 nitrogen and oxygen atoms in total. The summed E-state index contributed by atoms with van der Waals surface area (Å²) < 4.78 is 0. The van der Waals surface area contributed by atoms with E-state index in [0.29, 0.717) is 56.5 Å². The van der Waals surface area contributed by atoms with Gasteiger partial charge in [-0.15, -0.1) is 0 Å². The van der Waals surface area contributed by atoms with Crippen LogP contribution in [0, 0.1) is 11.8 Å². The lowest BCUT2D eigenvalue weighted by molar-refractivity contribution is -0.0564. The van der Waals surface area contributed by atoms with Crippen LogP contribution in [0.3, 0.4) is 0 Å². The maximum Gasteiger partial charge on any atom is 0.404 e. The average Bonchev–Trinajstić information content (AvgIpc) is 2.98. The van der Waals surface area contributed by atoms with Crippen LogP contribution in [0.5, 0.6) is 0 Å². The van der Waals surface area contributed by atoms with Gasteiger partial charge in [-0.2, -0.15) is 0 Å². The molecule has 4 rings (SSSR count). The lowest BCUT2D eigenvalue weighted by Crippen LogP contribution is -2.53. The summed E-state index contributed by atoms with van der Waals surface area (Å²) in [4.78, 5) is 28.5. The van der Waals surface area contributed by atoms with E-state index >= 15 is 0 Å². The number of hydrogen-bond acceptors (Lipinski definition) is 4. The lowest BCUT2D eigenvalue weighted by atomic mass is 9.72. The number of piperidine rings is 2. The van der Waals surface area contributed by atoms with E-state index in [1.165, 1.54) is 5.56 Å². The van der Waals surface area contributed by atoms with Crippen LogP contribution in [-0.4, -0.2) is 71.4 Å². The average molecular weight is 571 g/mol. The molecular formula is C31H43ClN4O4. The van der Waals surface area contributed by atoms with Crippen molar-refractivity contribution in [2.75, 3.05) is 39.3 Å². The first-order chi connectivity index (χ1) is 19.3. The zero-order chi connectivity index (χ0) is 28.7. The largest absolute Gasteiger partial charge is 0.465 e. The molecule has 0 saturated carbocycles. The van der Waals surface area contributed by atoms with Crippen molar-refractivity contribution in [1.29, 1.82) is 0 Å². The van der Waals surface area contributed by atoms with Crippen LogP contribution in [0.25, 0.3) is 11.1 Å². The molecule has 2 saturated heterocycles. The molecule has 0 aromatic heterocycles. The van der Waals surface area contributed by atoms with Crippen molar-refractivity contribution in [1.82, 2.24) is 15.1 Å². The van der Waals surface area contributed by atoms with Crippen molar-refractivity contribution in [3.8, 4) is 11.1 Å². The van der Waals surface area contributed by atoms with Gasteiger partial charge in [0.05, 0.1) is 5.60 Å². The van der Waals surface area contributed by atoms with Crippen molar-refractivity contribution in [3.05, 3.63) is 58.6 Å². The van der Waals surface area contributed by atoms with Gasteiger partial charge in [0.25, 0.3) is 0 Å². The van der Waals surface area contributed by atoms with Gasteiger partial charge >= 0.3 is 12.1 Å². The lowest BCUT2D eigenvalue weighted by Gasteiger charge is -2.45. The van der Waals surface area contributed by atoms with E-state index in [0.717, 1.165) is 48.8 Å². The minimum absolute atomic E-state index is 0.0250. The predicted octanol–water partition coefficient (Wildman–Crippen LogP) is 5.31. The maximum absolute atomic E-state index is 13.5. The molecule has 2 aliphatic rings. The van der Waals surface area contributed by atoms with Crippen LogP contribution >= 0.6 is 11.6 Å². The Labute approximate surface area is 242 Å². The van der Waals surface area contributed by atoms with Crippen LogP contribution in [0.15, 0.2) is 42.5 Å². The van der Waals surface area contributed by atoms with E-state index in [2.05, 4.69) is 24.4 Å². The highest BCUT2D eigenvalue weighted by Crippen LogP contribution is 2.45. The van der Waals surface area contributed by atoms with E-state index < -0.39 is 11.7 Å². The second kappa shape index (κ2) is 13.7. The number of nitrogens with zero attached hydrogens (tertiary/aromatic N) is 2.